The Bertz CT molecular complexity index is 678. The van der Waals surface area contributed by atoms with Crippen LogP contribution in [-0.2, 0) is 6.54 Å². The van der Waals surface area contributed by atoms with E-state index in [0.717, 1.165) is 30.5 Å². The van der Waals surface area contributed by atoms with Crippen LogP contribution in [0.4, 0.5) is 4.39 Å². The summed E-state index contributed by atoms with van der Waals surface area (Å²) in [6.07, 6.45) is 3.34. The van der Waals surface area contributed by atoms with E-state index in [1.54, 1.807) is 12.1 Å². The molecule has 1 aliphatic carbocycles. The number of hydrogen-bond donors (Lipinski definition) is 1. The second kappa shape index (κ2) is 5.73. The molecule has 1 aliphatic rings. The van der Waals surface area contributed by atoms with Crippen LogP contribution in [0.3, 0.4) is 0 Å². The van der Waals surface area contributed by atoms with Gasteiger partial charge in [-0.05, 0) is 37.9 Å². The number of rotatable bonds is 6. The number of carboxylic acids is 1. The zero-order valence-corrected chi connectivity index (χ0v) is 12.8. The van der Waals surface area contributed by atoms with Gasteiger partial charge >= 0.3 is 5.97 Å². The van der Waals surface area contributed by atoms with Crippen molar-refractivity contribution in [3.63, 3.8) is 0 Å². The maximum Gasteiger partial charge on any atom is 0.346 e. The molecule has 5 heteroatoms. The molecule has 1 saturated carbocycles. The molecule has 0 spiro atoms. The maximum atomic E-state index is 14.2. The van der Waals surface area contributed by atoms with Crippen molar-refractivity contribution < 1.29 is 14.3 Å². The molecule has 0 amide bonds. The Morgan fingerprint density at radius 1 is 1.48 bits per heavy atom. The van der Waals surface area contributed by atoms with E-state index in [2.05, 4.69) is 11.8 Å². The van der Waals surface area contributed by atoms with E-state index < -0.39 is 5.97 Å². The quantitative estimate of drug-likeness (QED) is 0.873. The fraction of sp³-hybridized carbons (Fsp3) is 0.438. The lowest BCUT2D eigenvalue weighted by atomic mass is 10.1. The molecule has 1 fully saturated rings. The molecule has 0 atom stereocenters. The monoisotopic (exact) mass is 307 g/mol. The minimum atomic E-state index is -0.960. The van der Waals surface area contributed by atoms with Gasteiger partial charge in [0.2, 0.25) is 0 Å². The lowest BCUT2D eigenvalue weighted by molar-refractivity contribution is 0.0700. The molecule has 3 nitrogen and oxygen atoms in total. The standard InChI is InChI=1S/C16H18FNO2S/c1-2-8-18(10-6-7-10)9-11-14-12(17)4-3-5-13(14)21-15(11)16(19)20/h3-5,10H,2,6-9H2,1H3,(H,19,20). The first-order valence-electron chi connectivity index (χ1n) is 7.29. The van der Waals surface area contributed by atoms with Gasteiger partial charge in [-0.15, -0.1) is 11.3 Å². The van der Waals surface area contributed by atoms with Crippen LogP contribution < -0.4 is 0 Å². The Morgan fingerprint density at radius 2 is 2.24 bits per heavy atom. The van der Waals surface area contributed by atoms with E-state index in [4.69, 9.17) is 0 Å². The van der Waals surface area contributed by atoms with E-state index in [1.165, 1.54) is 17.4 Å². The molecule has 0 unspecified atom stereocenters. The number of hydrogen-bond acceptors (Lipinski definition) is 3. The van der Waals surface area contributed by atoms with Crippen LogP contribution in [0.15, 0.2) is 18.2 Å². The third-order valence-electron chi connectivity index (χ3n) is 3.89. The number of thiophene rings is 1. The zero-order valence-electron chi connectivity index (χ0n) is 11.9. The van der Waals surface area contributed by atoms with Gasteiger partial charge in [-0.2, -0.15) is 0 Å². The zero-order chi connectivity index (χ0) is 15.0. The van der Waals surface area contributed by atoms with Crippen molar-refractivity contribution >= 4 is 27.4 Å². The Morgan fingerprint density at radius 3 is 2.86 bits per heavy atom. The molecule has 0 saturated heterocycles. The van der Waals surface area contributed by atoms with Gasteiger partial charge in [0.25, 0.3) is 0 Å². The van der Waals surface area contributed by atoms with Gasteiger partial charge in [0, 0.05) is 28.2 Å². The third-order valence-corrected chi connectivity index (χ3v) is 5.08. The van der Waals surface area contributed by atoms with E-state index in [-0.39, 0.29) is 10.7 Å². The Hall–Kier alpha value is -1.46. The Balaban J connectivity index is 2.06. The minimum Gasteiger partial charge on any atom is -0.477 e. The van der Waals surface area contributed by atoms with Gasteiger partial charge in [0.05, 0.1) is 0 Å². The lowest BCUT2D eigenvalue weighted by Crippen LogP contribution is -2.27. The highest BCUT2D eigenvalue weighted by Crippen LogP contribution is 2.36. The number of carboxylic acid groups (broad SMARTS) is 1. The third kappa shape index (κ3) is 2.80. The van der Waals surface area contributed by atoms with E-state index >= 15 is 0 Å². The van der Waals surface area contributed by atoms with Crippen molar-refractivity contribution in [2.45, 2.75) is 38.8 Å². The molecule has 0 bridgehead atoms. The molecule has 2 aromatic rings. The topological polar surface area (TPSA) is 40.5 Å². The summed E-state index contributed by atoms with van der Waals surface area (Å²) in [7, 11) is 0. The summed E-state index contributed by atoms with van der Waals surface area (Å²) in [6, 6.07) is 5.37. The molecular weight excluding hydrogens is 289 g/mol. The van der Waals surface area contributed by atoms with Crippen molar-refractivity contribution in [1.29, 1.82) is 0 Å². The number of nitrogens with zero attached hydrogens (tertiary/aromatic N) is 1. The first-order chi connectivity index (χ1) is 10.1. The second-order valence-corrected chi connectivity index (χ2v) is 6.58. The molecule has 1 N–H and O–H groups in total. The summed E-state index contributed by atoms with van der Waals surface area (Å²) < 4.78 is 14.9. The van der Waals surface area contributed by atoms with E-state index in [9.17, 15) is 14.3 Å². The molecule has 0 aliphatic heterocycles. The smallest absolute Gasteiger partial charge is 0.346 e. The highest BCUT2D eigenvalue weighted by molar-refractivity contribution is 7.21. The first kappa shape index (κ1) is 14.5. The predicted molar refractivity (Wildman–Crippen MR) is 82.5 cm³/mol. The molecule has 3 rings (SSSR count). The van der Waals surface area contributed by atoms with Gasteiger partial charge in [0.15, 0.2) is 0 Å². The van der Waals surface area contributed by atoms with Crippen LogP contribution in [0.25, 0.3) is 10.1 Å². The van der Waals surface area contributed by atoms with Crippen LogP contribution in [0.1, 0.15) is 41.4 Å². The Kier molecular flexibility index (Phi) is 3.95. The summed E-state index contributed by atoms with van der Waals surface area (Å²) in [5.41, 5.74) is 0.640. The van der Waals surface area contributed by atoms with Crippen LogP contribution in [0.5, 0.6) is 0 Å². The van der Waals surface area contributed by atoms with Crippen LogP contribution in [0, 0.1) is 5.82 Å². The highest BCUT2D eigenvalue weighted by atomic mass is 32.1. The second-order valence-electron chi connectivity index (χ2n) is 5.53. The molecule has 1 aromatic heterocycles. The van der Waals surface area contributed by atoms with Crippen molar-refractivity contribution in [2.75, 3.05) is 6.54 Å². The van der Waals surface area contributed by atoms with Crippen molar-refractivity contribution in [2.24, 2.45) is 0 Å². The summed E-state index contributed by atoms with van der Waals surface area (Å²) in [5, 5.41) is 9.91. The number of aromatic carboxylic acids is 1. The van der Waals surface area contributed by atoms with Gasteiger partial charge in [-0.3, -0.25) is 4.90 Å². The summed E-state index contributed by atoms with van der Waals surface area (Å²) >= 11 is 1.17. The number of fused-ring (bicyclic) bond motifs is 1. The van der Waals surface area contributed by atoms with Gasteiger partial charge in [-0.1, -0.05) is 13.0 Å². The molecule has 21 heavy (non-hydrogen) atoms. The Labute approximate surface area is 127 Å². The van der Waals surface area contributed by atoms with Gasteiger partial charge in [0.1, 0.15) is 10.7 Å². The van der Waals surface area contributed by atoms with Crippen LogP contribution in [0.2, 0.25) is 0 Å². The van der Waals surface area contributed by atoms with Crippen molar-refractivity contribution in [3.05, 3.63) is 34.5 Å². The van der Waals surface area contributed by atoms with Crippen molar-refractivity contribution in [3.8, 4) is 0 Å². The number of halogens is 1. The van der Waals surface area contributed by atoms with Crippen LogP contribution in [-0.4, -0.2) is 28.6 Å². The molecule has 1 aromatic carbocycles. The van der Waals surface area contributed by atoms with E-state index in [1.807, 2.05) is 0 Å². The molecule has 112 valence electrons. The predicted octanol–water partition coefficient (Wildman–Crippen LogP) is 4.11. The lowest BCUT2D eigenvalue weighted by Gasteiger charge is -2.21. The summed E-state index contributed by atoms with van der Waals surface area (Å²) in [4.78, 5) is 14.1. The SMILES string of the molecule is CCCN(Cc1c(C(=O)O)sc2cccc(F)c12)C1CC1. The van der Waals surface area contributed by atoms with Crippen LogP contribution >= 0.6 is 11.3 Å². The number of benzene rings is 1. The van der Waals surface area contributed by atoms with Gasteiger partial charge in [-0.25, -0.2) is 9.18 Å². The van der Waals surface area contributed by atoms with Gasteiger partial charge < -0.3 is 5.11 Å². The fourth-order valence-corrected chi connectivity index (χ4v) is 3.88. The maximum absolute atomic E-state index is 14.2. The largest absolute Gasteiger partial charge is 0.477 e. The molecule has 1 heterocycles. The number of carbonyl (C=O) groups is 1. The molecule has 0 radical (unpaired) electrons. The average molecular weight is 307 g/mol. The average Bonchev–Trinajstić information content (AvgIpc) is 3.21. The summed E-state index contributed by atoms with van der Waals surface area (Å²) in [6.45, 7) is 3.57. The van der Waals surface area contributed by atoms with Crippen molar-refractivity contribution in [1.82, 2.24) is 4.90 Å². The minimum absolute atomic E-state index is 0.275. The van der Waals surface area contributed by atoms with E-state index in [0.29, 0.717) is 23.5 Å². The highest BCUT2D eigenvalue weighted by Gasteiger charge is 2.30. The molecular formula is C16H18FNO2S. The fourth-order valence-electron chi connectivity index (χ4n) is 2.81. The first-order valence-corrected chi connectivity index (χ1v) is 8.10. The normalized spacial score (nSPS) is 15.0. The summed E-state index contributed by atoms with van der Waals surface area (Å²) in [5.74, 6) is -1.28.